The van der Waals surface area contributed by atoms with Crippen molar-refractivity contribution in [3.05, 3.63) is 45.0 Å². The average molecular weight is 236 g/mol. The number of esters is 1. The van der Waals surface area contributed by atoms with Crippen molar-refractivity contribution in [2.24, 2.45) is 0 Å². The van der Waals surface area contributed by atoms with Gasteiger partial charge < -0.3 is 9.29 Å². The standard InChI is InChI=1S/C12H12O3S/c1-2-15-12(13)10-6-5-9-4-3-7-16(14)11(9)8-10/h3-8,14H,2H2,1H3. The lowest BCUT2D eigenvalue weighted by molar-refractivity contribution is 0.0526. The van der Waals surface area contributed by atoms with E-state index in [4.69, 9.17) is 4.74 Å². The van der Waals surface area contributed by atoms with E-state index in [1.807, 2.05) is 18.2 Å². The molecule has 0 aromatic heterocycles. The Hall–Kier alpha value is -1.39. The van der Waals surface area contributed by atoms with Gasteiger partial charge in [-0.25, -0.2) is 4.79 Å². The SMILES string of the molecule is CCOC(=O)c1ccc2c(c1)=S(O)C=CC=2. The fourth-order valence-electron chi connectivity index (χ4n) is 1.49. The van der Waals surface area contributed by atoms with Crippen molar-refractivity contribution in [1.82, 2.24) is 0 Å². The third-order valence-corrected chi connectivity index (χ3v) is 3.45. The summed E-state index contributed by atoms with van der Waals surface area (Å²) in [6, 6.07) is 5.22. The summed E-state index contributed by atoms with van der Waals surface area (Å²) in [4.78, 5) is 11.5. The van der Waals surface area contributed by atoms with Crippen LogP contribution in [0.25, 0.3) is 6.08 Å². The Bertz CT molecular complexity index is 572. The van der Waals surface area contributed by atoms with Crippen LogP contribution in [0.1, 0.15) is 17.3 Å². The van der Waals surface area contributed by atoms with Crippen molar-refractivity contribution in [2.45, 2.75) is 6.92 Å². The molecule has 1 aliphatic rings. The van der Waals surface area contributed by atoms with E-state index in [9.17, 15) is 9.35 Å². The minimum Gasteiger partial charge on any atom is -0.462 e. The number of hydrogen-bond donors (Lipinski definition) is 1. The van der Waals surface area contributed by atoms with Crippen LogP contribution in [-0.2, 0) is 4.74 Å². The van der Waals surface area contributed by atoms with Gasteiger partial charge in [0.05, 0.1) is 12.2 Å². The number of allylic oxidation sites excluding steroid dienone is 1. The van der Waals surface area contributed by atoms with Gasteiger partial charge in [0.2, 0.25) is 0 Å². The lowest BCUT2D eigenvalue weighted by Crippen LogP contribution is -2.09. The number of benzene rings is 1. The molecule has 2 rings (SSSR count). The molecule has 16 heavy (non-hydrogen) atoms. The van der Waals surface area contributed by atoms with Crippen molar-refractivity contribution < 1.29 is 14.1 Å². The van der Waals surface area contributed by atoms with E-state index in [2.05, 4.69) is 0 Å². The summed E-state index contributed by atoms with van der Waals surface area (Å²) in [5.41, 5.74) is 0.482. The molecular formula is C12H12O3S. The van der Waals surface area contributed by atoms with E-state index >= 15 is 0 Å². The molecule has 0 bridgehead atoms. The van der Waals surface area contributed by atoms with E-state index in [-0.39, 0.29) is 5.97 Å². The summed E-state index contributed by atoms with van der Waals surface area (Å²) < 4.78 is 15.4. The van der Waals surface area contributed by atoms with Crippen LogP contribution in [0.2, 0.25) is 0 Å². The highest BCUT2D eigenvalue weighted by Gasteiger charge is 2.06. The normalized spacial score (nSPS) is 17.5. The summed E-state index contributed by atoms with van der Waals surface area (Å²) in [5, 5.41) is 2.65. The Morgan fingerprint density at radius 2 is 2.31 bits per heavy atom. The molecule has 1 N–H and O–H groups in total. The van der Waals surface area contributed by atoms with Gasteiger partial charge in [-0.05, 0) is 40.4 Å². The molecule has 0 saturated carbocycles. The van der Waals surface area contributed by atoms with Gasteiger partial charge in [0.15, 0.2) is 0 Å². The molecule has 0 amide bonds. The molecule has 0 fully saturated rings. The number of rotatable bonds is 2. The smallest absolute Gasteiger partial charge is 0.338 e. The molecule has 0 aliphatic carbocycles. The summed E-state index contributed by atoms with van der Waals surface area (Å²) >= 11 is 0. The Labute approximate surface area is 95.8 Å². The molecule has 0 spiro atoms. The first-order valence-corrected chi connectivity index (χ1v) is 6.21. The van der Waals surface area contributed by atoms with E-state index < -0.39 is 10.8 Å². The third kappa shape index (κ3) is 2.08. The molecule has 84 valence electrons. The quantitative estimate of drug-likeness (QED) is 0.632. The maximum absolute atomic E-state index is 11.5. The average Bonchev–Trinajstić information content (AvgIpc) is 2.29. The Balaban J connectivity index is 2.54. The zero-order chi connectivity index (χ0) is 11.5. The topological polar surface area (TPSA) is 46.5 Å². The van der Waals surface area contributed by atoms with Gasteiger partial charge in [0.1, 0.15) is 0 Å². The number of ether oxygens (including phenoxy) is 1. The lowest BCUT2D eigenvalue weighted by Gasteiger charge is -2.04. The number of fused-ring (bicyclic) bond motifs is 1. The second-order valence-corrected chi connectivity index (χ2v) is 4.62. The van der Waals surface area contributed by atoms with Crippen LogP contribution in [0.3, 0.4) is 0 Å². The van der Waals surface area contributed by atoms with E-state index in [0.717, 1.165) is 9.73 Å². The highest BCUT2D eigenvalue weighted by molar-refractivity contribution is 8.07. The zero-order valence-electron chi connectivity index (χ0n) is 8.84. The molecule has 1 atom stereocenters. The number of hydrogen-bond acceptors (Lipinski definition) is 3. The molecule has 0 saturated heterocycles. The van der Waals surface area contributed by atoms with Crippen LogP contribution < -0.4 is 5.22 Å². The molecular weight excluding hydrogens is 224 g/mol. The van der Waals surface area contributed by atoms with E-state index in [1.54, 1.807) is 24.5 Å². The van der Waals surface area contributed by atoms with Gasteiger partial charge in [0, 0.05) is 4.51 Å². The van der Waals surface area contributed by atoms with Crippen molar-refractivity contribution in [3.8, 4) is 0 Å². The monoisotopic (exact) mass is 236 g/mol. The van der Waals surface area contributed by atoms with Gasteiger partial charge in [0.25, 0.3) is 0 Å². The first-order chi connectivity index (χ1) is 7.72. The van der Waals surface area contributed by atoms with Crippen molar-refractivity contribution in [3.63, 3.8) is 0 Å². The van der Waals surface area contributed by atoms with Crippen LogP contribution >= 0.6 is 10.8 Å². The van der Waals surface area contributed by atoms with Crippen molar-refractivity contribution in [1.29, 1.82) is 0 Å². The van der Waals surface area contributed by atoms with Crippen LogP contribution in [-0.4, -0.2) is 17.1 Å². The maximum atomic E-state index is 11.5. The fourth-order valence-corrected chi connectivity index (χ4v) is 2.48. The second kappa shape index (κ2) is 4.63. The Kier molecular flexibility index (Phi) is 3.22. The van der Waals surface area contributed by atoms with Crippen LogP contribution in [0, 0.1) is 4.51 Å². The molecule has 1 heterocycles. The molecule has 1 aromatic carbocycles. The summed E-state index contributed by atoms with van der Waals surface area (Å²) in [6.45, 7) is 2.12. The van der Waals surface area contributed by atoms with Gasteiger partial charge >= 0.3 is 5.97 Å². The van der Waals surface area contributed by atoms with Gasteiger partial charge in [-0.1, -0.05) is 18.2 Å². The number of carbonyl (C=O) groups excluding carboxylic acids is 1. The molecule has 3 nitrogen and oxygen atoms in total. The molecule has 1 unspecified atom stereocenters. The van der Waals surface area contributed by atoms with Crippen molar-refractivity contribution in [2.75, 3.05) is 6.61 Å². The first-order valence-electron chi connectivity index (χ1n) is 4.97. The summed E-state index contributed by atoms with van der Waals surface area (Å²) in [6.07, 6.45) is 3.72. The summed E-state index contributed by atoms with van der Waals surface area (Å²) in [7, 11) is -0.915. The molecule has 0 radical (unpaired) electrons. The van der Waals surface area contributed by atoms with Crippen molar-refractivity contribution >= 4 is 22.8 Å². The fraction of sp³-hybridized carbons (Fsp3) is 0.167. The van der Waals surface area contributed by atoms with E-state index in [0.29, 0.717) is 12.2 Å². The van der Waals surface area contributed by atoms with Gasteiger partial charge in [-0.2, -0.15) is 0 Å². The van der Waals surface area contributed by atoms with Crippen LogP contribution in [0.5, 0.6) is 0 Å². The largest absolute Gasteiger partial charge is 0.462 e. The first kappa shape index (κ1) is 11.1. The second-order valence-electron chi connectivity index (χ2n) is 3.28. The Morgan fingerprint density at radius 1 is 1.50 bits per heavy atom. The predicted octanol–water partition coefficient (Wildman–Crippen LogP) is 2.16. The maximum Gasteiger partial charge on any atom is 0.338 e. The number of carbonyl (C=O) groups is 1. The third-order valence-electron chi connectivity index (χ3n) is 2.23. The van der Waals surface area contributed by atoms with Crippen LogP contribution in [0.4, 0.5) is 0 Å². The van der Waals surface area contributed by atoms with Gasteiger partial charge in [-0.3, -0.25) is 0 Å². The lowest BCUT2D eigenvalue weighted by atomic mass is 10.2. The zero-order valence-corrected chi connectivity index (χ0v) is 9.66. The predicted molar refractivity (Wildman–Crippen MR) is 64.7 cm³/mol. The molecule has 1 aromatic rings. The minimum absolute atomic E-state index is 0.350. The Morgan fingerprint density at radius 3 is 3.06 bits per heavy atom. The molecule has 1 aliphatic heterocycles. The van der Waals surface area contributed by atoms with Crippen LogP contribution in [0.15, 0.2) is 29.7 Å². The summed E-state index contributed by atoms with van der Waals surface area (Å²) in [5.74, 6) is -0.350. The minimum atomic E-state index is -0.915. The highest BCUT2D eigenvalue weighted by atomic mass is 32.2. The highest BCUT2D eigenvalue weighted by Crippen LogP contribution is 2.16. The van der Waals surface area contributed by atoms with Gasteiger partial charge in [-0.15, -0.1) is 0 Å². The molecule has 4 heteroatoms. The van der Waals surface area contributed by atoms with E-state index in [1.165, 1.54) is 0 Å².